The lowest BCUT2D eigenvalue weighted by Gasteiger charge is -2.20. The van der Waals surface area contributed by atoms with Crippen LogP contribution in [0.15, 0.2) is 12.1 Å². The second-order valence-electron chi connectivity index (χ2n) is 5.85. The molecule has 144 valence electrons. The number of carboxylic acids is 1. The Morgan fingerprint density at radius 2 is 1.65 bits per heavy atom. The highest BCUT2D eigenvalue weighted by Gasteiger charge is 2.47. The molecule has 1 saturated heterocycles. The largest absolute Gasteiger partial charge is 0.490 e. The number of aliphatic carboxylic acids is 1. The Kier molecular flexibility index (Phi) is 6.28. The van der Waals surface area contributed by atoms with E-state index in [-0.39, 0.29) is 18.5 Å². The van der Waals surface area contributed by atoms with Crippen molar-refractivity contribution in [1.82, 2.24) is 4.90 Å². The average Bonchev–Trinajstić information content (AvgIpc) is 3.01. The van der Waals surface area contributed by atoms with Crippen molar-refractivity contribution < 1.29 is 33.3 Å². The highest BCUT2D eigenvalue weighted by Crippen LogP contribution is 2.40. The van der Waals surface area contributed by atoms with Crippen molar-refractivity contribution in [2.24, 2.45) is 0 Å². The van der Waals surface area contributed by atoms with Crippen molar-refractivity contribution in [3.63, 3.8) is 0 Å². The first-order valence-corrected chi connectivity index (χ1v) is 8.64. The molecule has 0 aromatic heterocycles. The zero-order valence-electron chi connectivity index (χ0n) is 15.2. The van der Waals surface area contributed by atoms with Gasteiger partial charge in [-0.05, 0) is 32.9 Å². The van der Waals surface area contributed by atoms with Gasteiger partial charge < -0.3 is 24.2 Å². The zero-order chi connectivity index (χ0) is 19.3. The Balaban J connectivity index is 2.36. The van der Waals surface area contributed by atoms with Gasteiger partial charge in [-0.2, -0.15) is 0 Å². The third kappa shape index (κ3) is 4.00. The summed E-state index contributed by atoms with van der Waals surface area (Å²) >= 11 is 0. The van der Waals surface area contributed by atoms with Crippen LogP contribution >= 0.6 is 0 Å². The normalized spacial score (nSPS) is 19.3. The smallest absolute Gasteiger partial charge is 0.343 e. The van der Waals surface area contributed by atoms with Gasteiger partial charge in [0.25, 0.3) is 5.91 Å². The van der Waals surface area contributed by atoms with Crippen LogP contribution in [0.25, 0.3) is 0 Å². The van der Waals surface area contributed by atoms with E-state index in [2.05, 4.69) is 0 Å². The molecule has 0 spiro atoms. The summed E-state index contributed by atoms with van der Waals surface area (Å²) in [5, 5.41) is 9.00. The lowest BCUT2D eigenvalue weighted by atomic mass is 10.1. The van der Waals surface area contributed by atoms with Crippen molar-refractivity contribution in [3.05, 3.63) is 17.7 Å². The molecule has 1 aromatic rings. The van der Waals surface area contributed by atoms with Gasteiger partial charge >= 0.3 is 5.97 Å². The average molecular weight is 369 g/mol. The molecule has 26 heavy (non-hydrogen) atoms. The molecule has 0 bridgehead atoms. The van der Waals surface area contributed by atoms with Gasteiger partial charge in [-0.1, -0.05) is 0 Å². The van der Waals surface area contributed by atoms with Gasteiger partial charge in [-0.3, -0.25) is 4.79 Å². The van der Waals surface area contributed by atoms with E-state index in [1.807, 2.05) is 6.92 Å². The number of hydrogen-bond acceptors (Lipinski definition) is 5. The number of carboxylic acid groups (broad SMARTS) is 1. The molecule has 0 aliphatic carbocycles. The van der Waals surface area contributed by atoms with Crippen LogP contribution in [0.3, 0.4) is 0 Å². The second kappa shape index (κ2) is 8.25. The number of benzene rings is 1. The minimum Gasteiger partial charge on any atom is -0.490 e. The van der Waals surface area contributed by atoms with Gasteiger partial charge in [0, 0.05) is 18.5 Å². The quantitative estimate of drug-likeness (QED) is 0.758. The first-order chi connectivity index (χ1) is 12.4. The highest BCUT2D eigenvalue weighted by atomic mass is 19.1. The van der Waals surface area contributed by atoms with E-state index in [9.17, 15) is 14.0 Å². The van der Waals surface area contributed by atoms with Crippen LogP contribution < -0.4 is 14.2 Å². The Morgan fingerprint density at radius 3 is 2.08 bits per heavy atom. The first-order valence-electron chi connectivity index (χ1n) is 8.64. The van der Waals surface area contributed by atoms with E-state index in [4.69, 9.17) is 19.3 Å². The summed E-state index contributed by atoms with van der Waals surface area (Å²) in [6.07, 6.45) is -0.234. The van der Waals surface area contributed by atoms with E-state index in [0.717, 1.165) is 0 Å². The number of hydrogen-bond donors (Lipinski definition) is 1. The number of carbonyl (C=O) groups is 2. The molecule has 1 N–H and O–H groups in total. The summed E-state index contributed by atoms with van der Waals surface area (Å²) in [5.41, 5.74) is -2.18. The summed E-state index contributed by atoms with van der Waals surface area (Å²) < 4.78 is 31.0. The predicted molar refractivity (Wildman–Crippen MR) is 91.9 cm³/mol. The fourth-order valence-electron chi connectivity index (χ4n) is 2.82. The molecule has 0 saturated carbocycles. The molecule has 1 fully saturated rings. The monoisotopic (exact) mass is 369 g/mol. The summed E-state index contributed by atoms with van der Waals surface area (Å²) in [6, 6.07) is 3.02. The Labute approximate surface area is 151 Å². The summed E-state index contributed by atoms with van der Waals surface area (Å²) in [6.45, 7) is 6.08. The van der Waals surface area contributed by atoms with Crippen LogP contribution in [0.2, 0.25) is 0 Å². The Hall–Kier alpha value is -2.51. The van der Waals surface area contributed by atoms with Gasteiger partial charge in [-0.25, -0.2) is 9.18 Å². The van der Waals surface area contributed by atoms with Gasteiger partial charge in [-0.15, -0.1) is 0 Å². The van der Waals surface area contributed by atoms with E-state index in [1.165, 1.54) is 17.0 Å². The number of likely N-dealkylation sites (tertiary alicyclic amines) is 1. The van der Waals surface area contributed by atoms with Gasteiger partial charge in [0.1, 0.15) is 0 Å². The number of amides is 1. The van der Waals surface area contributed by atoms with Gasteiger partial charge in [0.15, 0.2) is 11.5 Å². The Morgan fingerprint density at radius 1 is 1.12 bits per heavy atom. The number of rotatable bonds is 8. The second-order valence-corrected chi connectivity index (χ2v) is 5.85. The van der Waals surface area contributed by atoms with Crippen molar-refractivity contribution in [2.45, 2.75) is 32.9 Å². The molecule has 0 radical (unpaired) electrons. The number of nitrogens with zero attached hydrogens (tertiary/aromatic N) is 1. The summed E-state index contributed by atoms with van der Waals surface area (Å²) in [5.74, 6) is -0.917. The molecule has 1 aliphatic heterocycles. The molecule has 1 aliphatic rings. The molecule has 1 aromatic carbocycles. The lowest BCUT2D eigenvalue weighted by Crippen LogP contribution is -2.38. The fraction of sp³-hybridized carbons (Fsp3) is 0.556. The van der Waals surface area contributed by atoms with Gasteiger partial charge in [0.05, 0.1) is 26.4 Å². The maximum absolute atomic E-state index is 14.3. The van der Waals surface area contributed by atoms with Crippen LogP contribution in [-0.4, -0.2) is 60.5 Å². The van der Waals surface area contributed by atoms with E-state index < -0.39 is 24.1 Å². The molecule has 1 atom stereocenters. The number of halogens is 1. The van der Waals surface area contributed by atoms with Crippen molar-refractivity contribution in [3.8, 4) is 17.2 Å². The standard InChI is InChI=1S/C18H24FNO6/c1-4-24-13-9-12(10-14(25-5-2)15(13)26-6-3)16(21)20-8-7-18(19,11-20)17(22)23/h9-10H,4-8,11H2,1-3H3,(H,22,23). The predicted octanol–water partition coefficient (Wildman–Crippen LogP) is 2.52. The number of ether oxygens (including phenoxy) is 3. The number of carbonyl (C=O) groups excluding carboxylic acids is 1. The van der Waals surface area contributed by atoms with Crippen LogP contribution in [0.5, 0.6) is 17.2 Å². The highest BCUT2D eigenvalue weighted by molar-refractivity contribution is 5.96. The SMILES string of the molecule is CCOc1cc(C(=O)N2CCC(F)(C(=O)O)C2)cc(OCC)c1OCC. The molecule has 1 unspecified atom stereocenters. The molecular weight excluding hydrogens is 345 g/mol. The van der Waals surface area contributed by atoms with Crippen LogP contribution in [0.4, 0.5) is 4.39 Å². The lowest BCUT2D eigenvalue weighted by molar-refractivity contribution is -0.149. The van der Waals surface area contributed by atoms with Crippen molar-refractivity contribution in [2.75, 3.05) is 32.9 Å². The van der Waals surface area contributed by atoms with E-state index in [1.54, 1.807) is 13.8 Å². The molecule has 8 heteroatoms. The molecular formula is C18H24FNO6. The van der Waals surface area contributed by atoms with Crippen LogP contribution in [0, 0.1) is 0 Å². The maximum Gasteiger partial charge on any atom is 0.343 e. The Bertz CT molecular complexity index is 653. The topological polar surface area (TPSA) is 85.3 Å². The zero-order valence-corrected chi connectivity index (χ0v) is 15.2. The first kappa shape index (κ1) is 19.8. The van der Waals surface area contributed by atoms with E-state index in [0.29, 0.717) is 37.1 Å². The minimum absolute atomic E-state index is 0.0305. The molecule has 1 amide bonds. The van der Waals surface area contributed by atoms with Gasteiger partial charge in [0.2, 0.25) is 11.4 Å². The van der Waals surface area contributed by atoms with E-state index >= 15 is 0 Å². The third-order valence-corrected chi connectivity index (χ3v) is 4.05. The maximum atomic E-state index is 14.3. The third-order valence-electron chi connectivity index (χ3n) is 4.05. The fourth-order valence-corrected chi connectivity index (χ4v) is 2.82. The summed E-state index contributed by atoms with van der Waals surface area (Å²) in [7, 11) is 0. The molecule has 1 heterocycles. The number of alkyl halides is 1. The minimum atomic E-state index is -2.41. The molecule has 2 rings (SSSR count). The van der Waals surface area contributed by atoms with Crippen LogP contribution in [-0.2, 0) is 4.79 Å². The summed E-state index contributed by atoms with van der Waals surface area (Å²) in [4.78, 5) is 25.0. The van der Waals surface area contributed by atoms with Crippen molar-refractivity contribution >= 4 is 11.9 Å². The van der Waals surface area contributed by atoms with Crippen LogP contribution in [0.1, 0.15) is 37.6 Å². The molecule has 7 nitrogen and oxygen atoms in total. The van der Waals surface area contributed by atoms with Crippen molar-refractivity contribution in [1.29, 1.82) is 0 Å².